The Balaban J connectivity index is 0.979. The molecule has 0 N–H and O–H groups in total. The number of aromatic nitrogens is 4. The molecule has 14 rings (SSSR count). The van der Waals surface area contributed by atoms with Crippen LogP contribution < -0.4 is 11.1 Å². The molecule has 7 aromatic carbocycles. The van der Waals surface area contributed by atoms with Crippen molar-refractivity contribution in [1.29, 1.82) is 0 Å². The largest absolute Gasteiger partial charge is 0.312 e. The van der Waals surface area contributed by atoms with Crippen molar-refractivity contribution in [2.24, 2.45) is 5.92 Å². The van der Waals surface area contributed by atoms with Crippen molar-refractivity contribution in [3.63, 3.8) is 0 Å². The minimum atomic E-state index is -0.303. The van der Waals surface area contributed by atoms with Crippen LogP contribution in [0.5, 0.6) is 0 Å². The zero-order valence-corrected chi connectivity index (χ0v) is 30.7. The van der Waals surface area contributed by atoms with Crippen molar-refractivity contribution < 1.29 is 0 Å². The third kappa shape index (κ3) is 3.45. The van der Waals surface area contributed by atoms with Crippen molar-refractivity contribution in [1.82, 2.24) is 17.8 Å². The molecule has 0 aliphatic heterocycles. The lowest BCUT2D eigenvalue weighted by Gasteiger charge is -2.14. The number of nitrogens with zero attached hydrogens (tertiary/aromatic N) is 4. The van der Waals surface area contributed by atoms with E-state index < -0.39 is 0 Å². The van der Waals surface area contributed by atoms with Gasteiger partial charge in [0, 0.05) is 49.0 Å². The van der Waals surface area contributed by atoms with E-state index in [0.29, 0.717) is 16.7 Å². The van der Waals surface area contributed by atoms with Gasteiger partial charge in [-0.2, -0.15) is 4.52 Å². The third-order valence-corrected chi connectivity index (χ3v) is 13.2. The van der Waals surface area contributed by atoms with E-state index in [9.17, 15) is 9.59 Å². The lowest BCUT2D eigenvalue weighted by molar-refractivity contribution is 0.699. The van der Waals surface area contributed by atoms with Crippen LogP contribution in [0.4, 0.5) is 0 Å². The average Bonchev–Trinajstić information content (AvgIpc) is 4.07. The molecule has 6 heterocycles. The number of rotatable bonds is 2. The standard InChI is InChI=1S/C51H30N4O2/c1-27-14-17-37-45(24-27)53-41-12-6-3-9-33(41)35-21-19-31(47(37)49(35)53)29-16-23-44-39(26-29)51(57)55-50(56)38-25-28(15-22-43(38)54(44)55)30-18-20-34-32-8-2-5-11-40(32)52-42-13-7-4-10-36(42)46(30)48(34)52/h2-23,25-27H,24H2,1H3. The maximum atomic E-state index is 14.4. The summed E-state index contributed by atoms with van der Waals surface area (Å²) in [5.41, 5.74) is 13.5. The number of fused-ring (bicyclic) bond motifs is 17. The molecular weight excluding hydrogens is 701 g/mol. The van der Waals surface area contributed by atoms with E-state index in [-0.39, 0.29) is 11.1 Å². The van der Waals surface area contributed by atoms with Gasteiger partial charge in [-0.25, -0.2) is 4.52 Å². The summed E-state index contributed by atoms with van der Waals surface area (Å²) in [6, 6.07) is 46.8. The second kappa shape index (κ2) is 10.0. The van der Waals surface area contributed by atoms with Crippen molar-refractivity contribution in [3.8, 4) is 22.3 Å². The smallest absolute Gasteiger partial charge is 0.282 e. The van der Waals surface area contributed by atoms with Gasteiger partial charge in [0.1, 0.15) is 0 Å². The van der Waals surface area contributed by atoms with Gasteiger partial charge in [-0.05, 0) is 77.1 Å². The first-order valence-electron chi connectivity index (χ1n) is 19.7. The summed E-state index contributed by atoms with van der Waals surface area (Å²) in [6.45, 7) is 2.27. The lowest BCUT2D eigenvalue weighted by atomic mass is 9.91. The second-order valence-corrected chi connectivity index (χ2v) is 16.1. The lowest BCUT2D eigenvalue weighted by Crippen LogP contribution is -2.21. The van der Waals surface area contributed by atoms with Gasteiger partial charge < -0.3 is 8.80 Å². The highest BCUT2D eigenvalue weighted by molar-refractivity contribution is 6.27. The zero-order chi connectivity index (χ0) is 37.4. The molecular formula is C51H30N4O2. The molecule has 57 heavy (non-hydrogen) atoms. The van der Waals surface area contributed by atoms with Crippen LogP contribution in [-0.4, -0.2) is 17.8 Å². The van der Waals surface area contributed by atoms with Gasteiger partial charge in [0.05, 0.1) is 49.4 Å². The number of hydrogen-bond acceptors (Lipinski definition) is 2. The van der Waals surface area contributed by atoms with E-state index in [1.807, 2.05) is 28.8 Å². The van der Waals surface area contributed by atoms with Crippen LogP contribution in [0.15, 0.2) is 149 Å². The molecule has 0 bridgehead atoms. The molecule has 1 aliphatic rings. The van der Waals surface area contributed by atoms with Crippen LogP contribution in [0.25, 0.3) is 115 Å². The summed E-state index contributed by atoms with van der Waals surface area (Å²) in [5.74, 6) is 0.450. The highest BCUT2D eigenvalue weighted by atomic mass is 16.2. The van der Waals surface area contributed by atoms with E-state index in [0.717, 1.165) is 45.2 Å². The highest BCUT2D eigenvalue weighted by Gasteiger charge is 2.27. The molecule has 1 atom stereocenters. The van der Waals surface area contributed by atoms with Gasteiger partial charge in [0.25, 0.3) is 11.1 Å². The molecule has 0 spiro atoms. The minimum absolute atomic E-state index is 0.300. The van der Waals surface area contributed by atoms with Crippen LogP contribution in [0, 0.1) is 5.92 Å². The van der Waals surface area contributed by atoms with Gasteiger partial charge in [0.2, 0.25) is 0 Å². The minimum Gasteiger partial charge on any atom is -0.312 e. The van der Waals surface area contributed by atoms with E-state index in [1.54, 1.807) is 0 Å². The quantitative estimate of drug-likeness (QED) is 0.178. The fraction of sp³-hybridized carbons (Fsp3) is 0.0588. The molecule has 266 valence electrons. The molecule has 1 unspecified atom stereocenters. The maximum Gasteiger partial charge on any atom is 0.282 e. The predicted octanol–water partition coefficient (Wildman–Crippen LogP) is 11.2. The van der Waals surface area contributed by atoms with Gasteiger partial charge in [-0.3, -0.25) is 9.59 Å². The molecule has 6 heteroatoms. The average molecular weight is 731 g/mol. The molecule has 6 aromatic heterocycles. The van der Waals surface area contributed by atoms with Crippen molar-refractivity contribution in [2.45, 2.75) is 13.3 Å². The summed E-state index contributed by atoms with van der Waals surface area (Å²) >= 11 is 0. The molecule has 0 saturated heterocycles. The molecule has 0 fully saturated rings. The van der Waals surface area contributed by atoms with Crippen molar-refractivity contribution in [2.75, 3.05) is 0 Å². The Morgan fingerprint density at radius 2 is 1.00 bits per heavy atom. The van der Waals surface area contributed by atoms with Gasteiger partial charge in [-0.1, -0.05) is 110 Å². The summed E-state index contributed by atoms with van der Waals surface area (Å²) in [4.78, 5) is 28.7. The van der Waals surface area contributed by atoms with E-state index >= 15 is 0 Å². The number of benzene rings is 7. The van der Waals surface area contributed by atoms with Gasteiger partial charge in [0.15, 0.2) is 0 Å². The highest BCUT2D eigenvalue weighted by Crippen LogP contribution is 2.46. The Labute approximate surface area is 322 Å². The monoisotopic (exact) mass is 730 g/mol. The SMILES string of the molecule is CC1C=Cc2c(n3c4ccccc4c4ccc(-c5ccc6c(c5)c(=O)n5c(=O)c7cc(-c8ccc9c%10ccccc%10n%10c%11ccccc%11c8c9%10)ccc7n65)c2c43)C1. The van der Waals surface area contributed by atoms with Crippen LogP contribution >= 0.6 is 0 Å². The first-order chi connectivity index (χ1) is 28.0. The zero-order valence-electron chi connectivity index (χ0n) is 30.7. The Kier molecular flexibility index (Phi) is 5.26. The molecule has 0 saturated carbocycles. The Morgan fingerprint density at radius 3 is 1.63 bits per heavy atom. The topological polar surface area (TPSA) is 51.8 Å². The van der Waals surface area contributed by atoms with Gasteiger partial charge >= 0.3 is 0 Å². The van der Waals surface area contributed by atoms with E-state index in [4.69, 9.17) is 0 Å². The fourth-order valence-electron chi connectivity index (χ4n) is 10.8. The first-order valence-corrected chi connectivity index (χ1v) is 19.7. The Bertz CT molecular complexity index is 4080. The van der Waals surface area contributed by atoms with Crippen LogP contribution in [0.3, 0.4) is 0 Å². The second-order valence-electron chi connectivity index (χ2n) is 16.1. The Morgan fingerprint density at radius 1 is 0.474 bits per heavy atom. The normalized spacial score (nSPS) is 14.9. The third-order valence-electron chi connectivity index (χ3n) is 13.2. The van der Waals surface area contributed by atoms with Gasteiger partial charge in [-0.15, -0.1) is 0 Å². The van der Waals surface area contributed by atoms with Crippen LogP contribution in [0.1, 0.15) is 18.2 Å². The van der Waals surface area contributed by atoms with Crippen molar-refractivity contribution >= 4 is 93.2 Å². The molecule has 13 aromatic rings. The van der Waals surface area contributed by atoms with Crippen LogP contribution in [-0.2, 0) is 6.42 Å². The predicted molar refractivity (Wildman–Crippen MR) is 234 cm³/mol. The molecule has 0 amide bonds. The number of hydrogen-bond donors (Lipinski definition) is 0. The molecule has 6 nitrogen and oxygen atoms in total. The van der Waals surface area contributed by atoms with Crippen molar-refractivity contribution in [3.05, 3.63) is 172 Å². The summed E-state index contributed by atoms with van der Waals surface area (Å²) in [6.07, 6.45) is 5.57. The van der Waals surface area contributed by atoms with Crippen LogP contribution in [0.2, 0.25) is 0 Å². The molecule has 0 radical (unpaired) electrons. The van der Waals surface area contributed by atoms with E-state index in [1.165, 1.54) is 75.5 Å². The Hall–Kier alpha value is -7.44. The maximum absolute atomic E-state index is 14.4. The summed E-state index contributed by atoms with van der Waals surface area (Å²) < 4.78 is 7.97. The number of para-hydroxylation sites is 3. The molecule has 1 aliphatic carbocycles. The number of allylic oxidation sites excluding steroid dienone is 1. The fourth-order valence-corrected chi connectivity index (χ4v) is 10.8. The first kappa shape index (κ1) is 29.9. The van der Waals surface area contributed by atoms with E-state index in [2.05, 4.69) is 137 Å². The summed E-state index contributed by atoms with van der Waals surface area (Å²) in [5, 5.41) is 9.55. The summed E-state index contributed by atoms with van der Waals surface area (Å²) in [7, 11) is 0.